The highest BCUT2D eigenvalue weighted by Crippen LogP contribution is 2.31. The molecule has 0 radical (unpaired) electrons. The van der Waals surface area contributed by atoms with Crippen molar-refractivity contribution in [3.63, 3.8) is 0 Å². The zero-order valence-electron chi connectivity index (χ0n) is 19.8. The van der Waals surface area contributed by atoms with Gasteiger partial charge in [0.05, 0.1) is 36.9 Å². The molecule has 0 spiro atoms. The topological polar surface area (TPSA) is 101 Å². The van der Waals surface area contributed by atoms with E-state index in [0.717, 1.165) is 55.6 Å². The lowest BCUT2D eigenvalue weighted by Gasteiger charge is -2.22. The van der Waals surface area contributed by atoms with Crippen LogP contribution in [0.3, 0.4) is 0 Å². The van der Waals surface area contributed by atoms with Crippen molar-refractivity contribution in [2.75, 3.05) is 30.8 Å². The second kappa shape index (κ2) is 12.8. The van der Waals surface area contributed by atoms with Gasteiger partial charge in [0.15, 0.2) is 0 Å². The number of methoxy groups -OCH3 is 1. The predicted octanol–water partition coefficient (Wildman–Crippen LogP) is 5.07. The minimum absolute atomic E-state index is 0. The summed E-state index contributed by atoms with van der Waals surface area (Å²) in [5.74, 6) is 1.35. The van der Waals surface area contributed by atoms with Crippen LogP contribution in [-0.4, -0.2) is 41.1 Å². The smallest absolute Gasteiger partial charge is 0.227 e. The van der Waals surface area contributed by atoms with Gasteiger partial charge in [-0.3, -0.25) is 14.8 Å². The van der Waals surface area contributed by atoms with Crippen molar-refractivity contribution in [2.24, 2.45) is 5.92 Å². The Labute approximate surface area is 208 Å². The summed E-state index contributed by atoms with van der Waals surface area (Å²) in [5, 5.41) is 9.82. The standard InChI is InChI=1S/C26H32N6O2.CH4/c1-3-5-21(20-6-4-11-28-15-20)30-25-17-29-16-23(31-25)19-7-8-22(24(14-19)34-2)32-26(33)18-9-12-27-13-10-18;/h4,6-8,11,14-18,21,27H,3,5,9-10,12-13H2,1-2H3,(H,30,31)(H,32,33);1H4. The number of amides is 1. The molecule has 35 heavy (non-hydrogen) atoms. The van der Waals surface area contributed by atoms with Crippen molar-refractivity contribution in [1.29, 1.82) is 0 Å². The number of hydrogen-bond donors (Lipinski definition) is 3. The van der Waals surface area contributed by atoms with Gasteiger partial charge in [-0.25, -0.2) is 4.98 Å². The number of pyridine rings is 1. The molecular weight excluding hydrogens is 440 g/mol. The number of ether oxygens (including phenoxy) is 1. The van der Waals surface area contributed by atoms with E-state index in [-0.39, 0.29) is 25.3 Å². The molecular formula is C27H36N6O2. The molecule has 1 aliphatic rings. The summed E-state index contributed by atoms with van der Waals surface area (Å²) in [6.45, 7) is 3.90. The Hall–Kier alpha value is -3.52. The normalized spacial score (nSPS) is 14.5. The second-order valence-electron chi connectivity index (χ2n) is 8.49. The maximum Gasteiger partial charge on any atom is 0.227 e. The van der Waals surface area contributed by atoms with Gasteiger partial charge in [-0.05, 0) is 56.1 Å². The van der Waals surface area contributed by atoms with E-state index < -0.39 is 0 Å². The number of anilines is 2. The number of nitrogens with zero attached hydrogens (tertiary/aromatic N) is 3. The zero-order valence-corrected chi connectivity index (χ0v) is 19.8. The monoisotopic (exact) mass is 476 g/mol. The molecule has 0 bridgehead atoms. The first kappa shape index (κ1) is 26.1. The second-order valence-corrected chi connectivity index (χ2v) is 8.49. The molecule has 186 valence electrons. The van der Waals surface area contributed by atoms with Crippen LogP contribution < -0.4 is 20.7 Å². The van der Waals surface area contributed by atoms with Crippen LogP contribution in [-0.2, 0) is 4.79 Å². The highest BCUT2D eigenvalue weighted by Gasteiger charge is 2.22. The molecule has 1 fully saturated rings. The van der Waals surface area contributed by atoms with Crippen molar-refractivity contribution in [1.82, 2.24) is 20.3 Å². The molecule has 3 N–H and O–H groups in total. The third-order valence-electron chi connectivity index (χ3n) is 6.09. The number of piperidine rings is 1. The Bertz CT molecular complexity index is 1090. The summed E-state index contributed by atoms with van der Waals surface area (Å²) in [6, 6.07) is 9.80. The van der Waals surface area contributed by atoms with Crippen molar-refractivity contribution in [3.8, 4) is 17.0 Å². The van der Waals surface area contributed by atoms with Crippen LogP contribution in [0.25, 0.3) is 11.3 Å². The van der Waals surface area contributed by atoms with E-state index in [0.29, 0.717) is 17.3 Å². The molecule has 0 aliphatic carbocycles. The summed E-state index contributed by atoms with van der Waals surface area (Å²) >= 11 is 0. The summed E-state index contributed by atoms with van der Waals surface area (Å²) < 4.78 is 5.58. The molecule has 1 saturated heterocycles. The van der Waals surface area contributed by atoms with Gasteiger partial charge in [-0.1, -0.05) is 32.9 Å². The number of nitrogens with one attached hydrogen (secondary N) is 3. The van der Waals surface area contributed by atoms with Crippen LogP contribution >= 0.6 is 0 Å². The molecule has 8 heteroatoms. The molecule has 1 amide bonds. The Kier molecular flexibility index (Phi) is 9.55. The summed E-state index contributed by atoms with van der Waals surface area (Å²) in [7, 11) is 1.60. The molecule has 1 aromatic carbocycles. The maximum atomic E-state index is 12.7. The van der Waals surface area contributed by atoms with Gasteiger partial charge in [0, 0.05) is 23.9 Å². The van der Waals surface area contributed by atoms with Crippen molar-refractivity contribution in [2.45, 2.75) is 46.1 Å². The van der Waals surface area contributed by atoms with Crippen LogP contribution in [0, 0.1) is 5.92 Å². The number of carbonyl (C=O) groups excluding carboxylic acids is 1. The van der Waals surface area contributed by atoms with E-state index in [2.05, 4.69) is 38.9 Å². The number of benzene rings is 1. The van der Waals surface area contributed by atoms with Crippen molar-refractivity contribution >= 4 is 17.4 Å². The number of carbonyl (C=O) groups is 1. The molecule has 3 heterocycles. The van der Waals surface area contributed by atoms with Gasteiger partial charge in [0.1, 0.15) is 11.6 Å². The van der Waals surface area contributed by atoms with Crippen LogP contribution in [0.2, 0.25) is 0 Å². The molecule has 3 aromatic rings. The minimum atomic E-state index is 0. The SMILES string of the molecule is C.CCCC(Nc1cncc(-c2ccc(NC(=O)C3CCNCC3)c(OC)c2)n1)c1cccnc1. The first-order valence-corrected chi connectivity index (χ1v) is 11.9. The third-order valence-corrected chi connectivity index (χ3v) is 6.09. The molecule has 2 aromatic heterocycles. The first-order chi connectivity index (χ1) is 16.7. The largest absolute Gasteiger partial charge is 0.495 e. The average Bonchev–Trinajstić information content (AvgIpc) is 2.90. The van der Waals surface area contributed by atoms with Crippen LogP contribution in [0.1, 0.15) is 51.6 Å². The van der Waals surface area contributed by atoms with Gasteiger partial charge >= 0.3 is 0 Å². The highest BCUT2D eigenvalue weighted by atomic mass is 16.5. The summed E-state index contributed by atoms with van der Waals surface area (Å²) in [6.07, 6.45) is 10.8. The molecule has 1 unspecified atom stereocenters. The molecule has 4 rings (SSSR count). The number of aromatic nitrogens is 3. The summed E-state index contributed by atoms with van der Waals surface area (Å²) in [5.41, 5.74) is 3.37. The lowest BCUT2D eigenvalue weighted by Crippen LogP contribution is -2.34. The van der Waals surface area contributed by atoms with E-state index in [4.69, 9.17) is 9.72 Å². The summed E-state index contributed by atoms with van der Waals surface area (Å²) in [4.78, 5) is 26.1. The molecule has 1 atom stereocenters. The van der Waals surface area contributed by atoms with E-state index in [9.17, 15) is 4.79 Å². The zero-order chi connectivity index (χ0) is 23.8. The van der Waals surface area contributed by atoms with E-state index in [1.165, 1.54) is 0 Å². The van der Waals surface area contributed by atoms with Crippen LogP contribution in [0.15, 0.2) is 55.1 Å². The minimum Gasteiger partial charge on any atom is -0.495 e. The Morgan fingerprint density at radius 1 is 1.17 bits per heavy atom. The lowest BCUT2D eigenvalue weighted by molar-refractivity contribution is -0.120. The van der Waals surface area contributed by atoms with Crippen LogP contribution in [0.4, 0.5) is 11.5 Å². The van der Waals surface area contributed by atoms with Crippen molar-refractivity contribution < 1.29 is 9.53 Å². The Balaban J connectivity index is 0.00000342. The van der Waals surface area contributed by atoms with Crippen LogP contribution in [0.5, 0.6) is 5.75 Å². The molecule has 0 saturated carbocycles. The van der Waals surface area contributed by atoms with Crippen molar-refractivity contribution in [3.05, 3.63) is 60.7 Å². The van der Waals surface area contributed by atoms with E-state index >= 15 is 0 Å². The first-order valence-electron chi connectivity index (χ1n) is 11.9. The number of rotatable bonds is 9. The fraction of sp³-hybridized carbons (Fsp3) is 0.407. The fourth-order valence-corrected chi connectivity index (χ4v) is 4.22. The third kappa shape index (κ3) is 6.76. The van der Waals surface area contributed by atoms with E-state index in [1.807, 2.05) is 30.5 Å². The van der Waals surface area contributed by atoms with Gasteiger partial charge < -0.3 is 20.7 Å². The van der Waals surface area contributed by atoms with Gasteiger partial charge in [0.2, 0.25) is 5.91 Å². The van der Waals surface area contributed by atoms with Gasteiger partial charge in [0.25, 0.3) is 0 Å². The average molecular weight is 477 g/mol. The van der Waals surface area contributed by atoms with E-state index in [1.54, 1.807) is 25.7 Å². The lowest BCUT2D eigenvalue weighted by atomic mass is 9.97. The Morgan fingerprint density at radius 2 is 2.00 bits per heavy atom. The maximum absolute atomic E-state index is 12.7. The fourth-order valence-electron chi connectivity index (χ4n) is 4.22. The number of hydrogen-bond acceptors (Lipinski definition) is 7. The molecule has 8 nitrogen and oxygen atoms in total. The van der Waals surface area contributed by atoms with Gasteiger partial charge in [-0.15, -0.1) is 0 Å². The highest BCUT2D eigenvalue weighted by molar-refractivity contribution is 5.94. The van der Waals surface area contributed by atoms with Gasteiger partial charge in [-0.2, -0.15) is 0 Å². The quantitative estimate of drug-likeness (QED) is 0.396. The Morgan fingerprint density at radius 3 is 2.71 bits per heavy atom. The molecule has 1 aliphatic heterocycles. The predicted molar refractivity (Wildman–Crippen MR) is 140 cm³/mol.